The summed E-state index contributed by atoms with van der Waals surface area (Å²) in [6, 6.07) is 21.2. The molecule has 0 unspecified atom stereocenters. The van der Waals surface area contributed by atoms with Crippen LogP contribution in [0, 0.1) is 5.92 Å². The van der Waals surface area contributed by atoms with E-state index in [1.807, 2.05) is 12.1 Å². The third kappa shape index (κ3) is 2.78. The molecule has 32 heavy (non-hydrogen) atoms. The van der Waals surface area contributed by atoms with E-state index in [9.17, 15) is 9.59 Å². The molecule has 1 amide bonds. The maximum Gasteiger partial charge on any atom is 0.277 e. The number of carbonyl (C=O) groups is 2. The Labute approximate surface area is 184 Å². The third-order valence-electron chi connectivity index (χ3n) is 5.88. The summed E-state index contributed by atoms with van der Waals surface area (Å²) < 4.78 is 10.9. The molecule has 0 saturated carbocycles. The summed E-state index contributed by atoms with van der Waals surface area (Å²) in [5.74, 6) is -0.698. The van der Waals surface area contributed by atoms with Gasteiger partial charge in [0.2, 0.25) is 0 Å². The van der Waals surface area contributed by atoms with Crippen molar-refractivity contribution in [2.45, 2.75) is 5.60 Å². The summed E-state index contributed by atoms with van der Waals surface area (Å²) >= 11 is 0. The molecule has 0 fully saturated rings. The van der Waals surface area contributed by atoms with E-state index >= 15 is 0 Å². The molecule has 7 nitrogen and oxygen atoms in total. The first-order chi connectivity index (χ1) is 15.6. The van der Waals surface area contributed by atoms with Gasteiger partial charge in [0.25, 0.3) is 11.5 Å². The number of nitrogens with zero attached hydrogens (tertiary/aromatic N) is 1. The molecule has 3 aromatic rings. The second-order valence-electron chi connectivity index (χ2n) is 7.53. The fourth-order valence-corrected chi connectivity index (χ4v) is 4.35. The maximum atomic E-state index is 13.9. The molecule has 0 aromatic heterocycles. The second-order valence-corrected chi connectivity index (χ2v) is 7.53. The van der Waals surface area contributed by atoms with Crippen LogP contribution in [0.25, 0.3) is 0 Å². The standard InChI is InChI=1S/C25H20N2O5/c1-30-16-12-13-20(31-2)17(14-16)22-21(23(28)15-8-4-3-5-9-15)25(32-27-22)18-10-6-7-11-19(18)26-24(25)29/h3-14,21H,1-2H3,(H,26,29)/t21-,25-/m1/s1. The Hall–Kier alpha value is -4.13. The largest absolute Gasteiger partial charge is 0.497 e. The second kappa shape index (κ2) is 7.53. The SMILES string of the molecule is COc1ccc(OC)c(C2=NO[C@@]3(C(=O)Nc4ccccc43)[C@H]2C(=O)c2ccccc2)c1. The number of hydrogen-bond acceptors (Lipinski definition) is 6. The first-order valence-corrected chi connectivity index (χ1v) is 10.1. The van der Waals surface area contributed by atoms with Crippen LogP contribution in [0.4, 0.5) is 5.69 Å². The van der Waals surface area contributed by atoms with E-state index in [-0.39, 0.29) is 5.78 Å². The van der Waals surface area contributed by atoms with Crippen molar-refractivity contribution >= 4 is 23.1 Å². The highest BCUT2D eigenvalue weighted by atomic mass is 16.7. The molecular weight excluding hydrogens is 408 g/mol. The van der Waals surface area contributed by atoms with Crippen molar-refractivity contribution in [2.24, 2.45) is 11.1 Å². The number of nitrogens with one attached hydrogen (secondary N) is 1. The van der Waals surface area contributed by atoms with Crippen LogP contribution >= 0.6 is 0 Å². The van der Waals surface area contributed by atoms with Gasteiger partial charge < -0.3 is 19.6 Å². The van der Waals surface area contributed by atoms with E-state index in [1.165, 1.54) is 7.11 Å². The fraction of sp³-hybridized carbons (Fsp3) is 0.160. The highest BCUT2D eigenvalue weighted by Crippen LogP contribution is 2.50. The Kier molecular flexibility index (Phi) is 4.66. The number of Topliss-reactive ketones (excluding diaryl/α,β-unsaturated/α-hetero) is 1. The van der Waals surface area contributed by atoms with Crippen LogP contribution < -0.4 is 14.8 Å². The Bertz CT molecular complexity index is 1250. The lowest BCUT2D eigenvalue weighted by molar-refractivity contribution is -0.140. The van der Waals surface area contributed by atoms with E-state index in [4.69, 9.17) is 14.3 Å². The molecule has 3 aromatic carbocycles. The van der Waals surface area contributed by atoms with E-state index < -0.39 is 17.4 Å². The van der Waals surface area contributed by atoms with Gasteiger partial charge in [0.15, 0.2) is 5.78 Å². The summed E-state index contributed by atoms with van der Waals surface area (Å²) in [6.07, 6.45) is 0. The van der Waals surface area contributed by atoms with Crippen LogP contribution in [0.3, 0.4) is 0 Å². The molecule has 0 bridgehead atoms. The van der Waals surface area contributed by atoms with Crippen molar-refractivity contribution in [1.29, 1.82) is 0 Å². The molecule has 7 heteroatoms. The average molecular weight is 428 g/mol. The van der Waals surface area contributed by atoms with E-state index in [1.54, 1.807) is 67.8 Å². The predicted octanol–water partition coefficient (Wildman–Crippen LogP) is 3.78. The quantitative estimate of drug-likeness (QED) is 0.625. The maximum absolute atomic E-state index is 13.9. The highest BCUT2D eigenvalue weighted by Gasteiger charge is 2.63. The van der Waals surface area contributed by atoms with Crippen LogP contribution in [-0.2, 0) is 15.2 Å². The first-order valence-electron chi connectivity index (χ1n) is 10.1. The highest BCUT2D eigenvalue weighted by molar-refractivity contribution is 6.25. The number of ketones is 1. The van der Waals surface area contributed by atoms with Crippen LogP contribution in [0.15, 0.2) is 78.0 Å². The summed E-state index contributed by atoms with van der Waals surface area (Å²) in [5, 5.41) is 7.15. The molecule has 0 aliphatic carbocycles. The van der Waals surface area contributed by atoms with Crippen molar-refractivity contribution in [3.8, 4) is 11.5 Å². The van der Waals surface area contributed by atoms with Crippen molar-refractivity contribution in [3.63, 3.8) is 0 Å². The van der Waals surface area contributed by atoms with Crippen molar-refractivity contribution < 1.29 is 23.9 Å². The molecule has 2 heterocycles. The summed E-state index contributed by atoms with van der Waals surface area (Å²) in [6.45, 7) is 0. The van der Waals surface area contributed by atoms with Gasteiger partial charge >= 0.3 is 0 Å². The molecule has 2 aliphatic heterocycles. The molecule has 5 rings (SSSR count). The zero-order valence-corrected chi connectivity index (χ0v) is 17.5. The summed E-state index contributed by atoms with van der Waals surface area (Å²) in [7, 11) is 3.08. The van der Waals surface area contributed by atoms with Crippen molar-refractivity contribution in [2.75, 3.05) is 19.5 Å². The van der Waals surface area contributed by atoms with E-state index in [2.05, 4.69) is 10.5 Å². The Balaban J connectivity index is 1.73. The Morgan fingerprint density at radius 2 is 1.75 bits per heavy atom. The number of methoxy groups -OCH3 is 2. The van der Waals surface area contributed by atoms with Crippen molar-refractivity contribution in [1.82, 2.24) is 0 Å². The van der Waals surface area contributed by atoms with Gasteiger partial charge in [-0.15, -0.1) is 0 Å². The number of para-hydroxylation sites is 1. The van der Waals surface area contributed by atoms with Crippen LogP contribution in [0.1, 0.15) is 21.5 Å². The number of carbonyl (C=O) groups excluding carboxylic acids is 2. The minimum Gasteiger partial charge on any atom is -0.497 e. The molecule has 1 spiro atoms. The molecule has 2 atom stereocenters. The number of oxime groups is 1. The van der Waals surface area contributed by atoms with E-state index in [0.29, 0.717) is 39.6 Å². The van der Waals surface area contributed by atoms with Gasteiger partial charge in [-0.05, 0) is 24.3 Å². The normalized spacial score (nSPS) is 20.9. The summed E-state index contributed by atoms with van der Waals surface area (Å²) in [4.78, 5) is 33.1. The average Bonchev–Trinajstić information content (AvgIpc) is 3.37. The van der Waals surface area contributed by atoms with Gasteiger partial charge in [0, 0.05) is 22.4 Å². The number of hydrogen-bond donors (Lipinski definition) is 1. The lowest BCUT2D eigenvalue weighted by Crippen LogP contribution is -2.46. The zero-order chi connectivity index (χ0) is 22.3. The van der Waals surface area contributed by atoms with Crippen LogP contribution in [0.5, 0.6) is 11.5 Å². The molecule has 1 N–H and O–H groups in total. The van der Waals surface area contributed by atoms with Crippen LogP contribution in [0.2, 0.25) is 0 Å². The monoisotopic (exact) mass is 428 g/mol. The molecular formula is C25H20N2O5. The Morgan fingerprint density at radius 3 is 2.50 bits per heavy atom. The molecule has 160 valence electrons. The number of benzene rings is 3. The van der Waals surface area contributed by atoms with Crippen molar-refractivity contribution in [3.05, 3.63) is 89.5 Å². The fourth-order valence-electron chi connectivity index (χ4n) is 4.35. The van der Waals surface area contributed by atoms with Crippen LogP contribution in [-0.4, -0.2) is 31.6 Å². The lowest BCUT2D eigenvalue weighted by atomic mass is 9.74. The lowest BCUT2D eigenvalue weighted by Gasteiger charge is -2.27. The third-order valence-corrected chi connectivity index (χ3v) is 5.88. The number of fused-ring (bicyclic) bond motifs is 2. The van der Waals surface area contributed by atoms with E-state index in [0.717, 1.165) is 0 Å². The Morgan fingerprint density at radius 1 is 1.00 bits per heavy atom. The molecule has 2 aliphatic rings. The zero-order valence-electron chi connectivity index (χ0n) is 17.5. The number of rotatable bonds is 5. The molecule has 0 saturated heterocycles. The van der Waals surface area contributed by atoms with Gasteiger partial charge in [-0.2, -0.15) is 0 Å². The van der Waals surface area contributed by atoms with Gasteiger partial charge in [0.1, 0.15) is 23.1 Å². The number of amides is 1. The van der Waals surface area contributed by atoms with Gasteiger partial charge in [-0.1, -0.05) is 53.7 Å². The van der Waals surface area contributed by atoms with Gasteiger partial charge in [0.05, 0.1) is 14.2 Å². The number of ether oxygens (including phenoxy) is 2. The topological polar surface area (TPSA) is 86.2 Å². The molecule has 0 radical (unpaired) electrons. The minimum absolute atomic E-state index is 0.279. The summed E-state index contributed by atoms with van der Waals surface area (Å²) in [5.41, 5.74) is 0.829. The minimum atomic E-state index is -1.62. The predicted molar refractivity (Wildman–Crippen MR) is 118 cm³/mol. The first kappa shape index (κ1) is 19.8. The van der Waals surface area contributed by atoms with Gasteiger partial charge in [-0.25, -0.2) is 0 Å². The van der Waals surface area contributed by atoms with Gasteiger partial charge in [-0.3, -0.25) is 9.59 Å². The number of anilines is 1. The smallest absolute Gasteiger partial charge is 0.277 e.